The minimum Gasteiger partial charge on any atom is -0.497 e. The van der Waals surface area contributed by atoms with Crippen LogP contribution in [0.25, 0.3) is 6.08 Å². The molecule has 0 aliphatic carbocycles. The molecule has 0 amide bonds. The largest absolute Gasteiger partial charge is 0.497 e. The van der Waals surface area contributed by atoms with Crippen molar-refractivity contribution in [3.05, 3.63) is 65.7 Å². The van der Waals surface area contributed by atoms with Gasteiger partial charge < -0.3 is 18.9 Å². The number of benzene rings is 2. The van der Waals surface area contributed by atoms with Crippen molar-refractivity contribution in [1.29, 1.82) is 0 Å². The van der Waals surface area contributed by atoms with E-state index in [1.807, 2.05) is 53.4 Å². The summed E-state index contributed by atoms with van der Waals surface area (Å²) in [5, 5.41) is 0. The molecule has 4 rings (SSSR count). The highest BCUT2D eigenvalue weighted by Crippen LogP contribution is 2.54. The fourth-order valence-corrected chi connectivity index (χ4v) is 5.74. The number of ether oxygens (including phenoxy) is 4. The molecule has 190 valence electrons. The van der Waals surface area contributed by atoms with E-state index in [-0.39, 0.29) is 6.04 Å². The Bertz CT molecular complexity index is 1140. The van der Waals surface area contributed by atoms with Crippen molar-refractivity contribution in [3.63, 3.8) is 0 Å². The molecule has 0 saturated carbocycles. The number of esters is 2. The van der Waals surface area contributed by atoms with Crippen LogP contribution in [0, 0.1) is 5.92 Å². The molecule has 2 saturated heterocycles. The summed E-state index contributed by atoms with van der Waals surface area (Å²) in [6, 6.07) is 14.6. The van der Waals surface area contributed by atoms with E-state index in [0.717, 1.165) is 24.0 Å². The number of hydrogen-bond donors (Lipinski definition) is 0. The van der Waals surface area contributed by atoms with Gasteiger partial charge in [-0.1, -0.05) is 36.4 Å². The predicted molar refractivity (Wildman–Crippen MR) is 133 cm³/mol. The number of nitrogens with zero attached hydrogens (tertiary/aromatic N) is 1. The van der Waals surface area contributed by atoms with Gasteiger partial charge >= 0.3 is 11.9 Å². The standard InChI is InChI=1S/C28H31NO7/c1-33-20-11-7-18(8-12-20)15-16-28(27(32)36-4)24(25(30)26(31)35-3)23(22-6-5-17-29(22)28)19-9-13-21(34-2)14-10-19/h7-16,22-24H,5-6,17H2,1-4H3/b16-15+/t22-,23-,24-,28+/m0/s1. The van der Waals surface area contributed by atoms with Crippen LogP contribution in [-0.4, -0.2) is 69.2 Å². The highest BCUT2D eigenvalue weighted by atomic mass is 16.5. The molecule has 8 heteroatoms. The number of hydrogen-bond acceptors (Lipinski definition) is 8. The monoisotopic (exact) mass is 493 g/mol. The summed E-state index contributed by atoms with van der Waals surface area (Å²) < 4.78 is 20.7. The third kappa shape index (κ3) is 4.26. The van der Waals surface area contributed by atoms with Crippen molar-refractivity contribution < 1.29 is 33.3 Å². The molecule has 2 heterocycles. The second-order valence-corrected chi connectivity index (χ2v) is 8.96. The molecule has 0 radical (unpaired) electrons. The van der Waals surface area contributed by atoms with Gasteiger partial charge in [0.25, 0.3) is 0 Å². The van der Waals surface area contributed by atoms with Gasteiger partial charge in [-0.25, -0.2) is 9.59 Å². The van der Waals surface area contributed by atoms with Crippen LogP contribution < -0.4 is 9.47 Å². The number of carbonyl (C=O) groups excluding carboxylic acids is 3. The van der Waals surface area contributed by atoms with E-state index in [2.05, 4.69) is 0 Å². The van der Waals surface area contributed by atoms with E-state index in [9.17, 15) is 14.4 Å². The molecule has 0 spiro atoms. The maximum absolute atomic E-state index is 13.7. The highest BCUT2D eigenvalue weighted by molar-refractivity contribution is 6.35. The number of Topliss-reactive ketones (excluding diaryl/α,β-unsaturated/α-hetero) is 1. The van der Waals surface area contributed by atoms with Crippen molar-refractivity contribution >= 4 is 23.8 Å². The number of carbonyl (C=O) groups is 3. The molecular formula is C28H31NO7. The first kappa shape index (κ1) is 25.4. The topological polar surface area (TPSA) is 91.4 Å². The lowest BCUT2D eigenvalue weighted by molar-refractivity contribution is -0.160. The molecule has 2 aromatic carbocycles. The number of methoxy groups -OCH3 is 4. The number of rotatable bonds is 8. The summed E-state index contributed by atoms with van der Waals surface area (Å²) in [6.07, 6.45) is 5.13. The lowest BCUT2D eigenvalue weighted by Gasteiger charge is -2.36. The Labute approximate surface area is 210 Å². The van der Waals surface area contributed by atoms with Crippen LogP contribution in [0.2, 0.25) is 0 Å². The molecule has 2 aromatic rings. The SMILES string of the molecule is COC(=O)C(=O)[C@@H]1[C@@H](c2ccc(OC)cc2)[C@@H]2CCCN2[C@@]1(/C=C/c1ccc(OC)cc1)C(=O)OC. The fourth-order valence-electron chi connectivity index (χ4n) is 5.74. The molecule has 8 nitrogen and oxygen atoms in total. The van der Waals surface area contributed by atoms with Crippen LogP contribution in [0.4, 0.5) is 0 Å². The lowest BCUT2D eigenvalue weighted by Crippen LogP contribution is -2.56. The van der Waals surface area contributed by atoms with E-state index in [0.29, 0.717) is 18.0 Å². The Hall–Kier alpha value is -3.65. The second kappa shape index (κ2) is 10.5. The second-order valence-electron chi connectivity index (χ2n) is 8.96. The van der Waals surface area contributed by atoms with Gasteiger partial charge in [0.2, 0.25) is 5.78 Å². The minimum absolute atomic E-state index is 0.142. The van der Waals surface area contributed by atoms with Crippen LogP contribution in [0.1, 0.15) is 29.9 Å². The van der Waals surface area contributed by atoms with Gasteiger partial charge in [0.1, 0.15) is 17.0 Å². The average Bonchev–Trinajstić information content (AvgIpc) is 3.51. The molecule has 0 unspecified atom stereocenters. The summed E-state index contributed by atoms with van der Waals surface area (Å²) in [6.45, 7) is 0.588. The quantitative estimate of drug-likeness (QED) is 0.409. The highest BCUT2D eigenvalue weighted by Gasteiger charge is 2.66. The van der Waals surface area contributed by atoms with Crippen LogP contribution >= 0.6 is 0 Å². The first-order valence-corrected chi connectivity index (χ1v) is 11.9. The van der Waals surface area contributed by atoms with Gasteiger partial charge in [0.15, 0.2) is 0 Å². The van der Waals surface area contributed by atoms with Gasteiger partial charge in [0.05, 0.1) is 34.4 Å². The maximum Gasteiger partial charge on any atom is 0.374 e. The molecule has 4 atom stereocenters. The van der Waals surface area contributed by atoms with Crippen molar-refractivity contribution in [2.24, 2.45) is 5.92 Å². The summed E-state index contributed by atoms with van der Waals surface area (Å²) in [7, 11) is 5.65. The predicted octanol–water partition coefficient (Wildman–Crippen LogP) is 3.25. The zero-order valence-corrected chi connectivity index (χ0v) is 20.9. The first-order valence-electron chi connectivity index (χ1n) is 11.9. The van der Waals surface area contributed by atoms with E-state index < -0.39 is 35.1 Å². The maximum atomic E-state index is 13.7. The van der Waals surface area contributed by atoms with Crippen molar-refractivity contribution in [2.45, 2.75) is 30.3 Å². The third-order valence-electron chi connectivity index (χ3n) is 7.35. The Morgan fingerprint density at radius 1 is 0.889 bits per heavy atom. The molecule has 0 aromatic heterocycles. The first-order chi connectivity index (χ1) is 17.4. The third-order valence-corrected chi connectivity index (χ3v) is 7.35. The van der Waals surface area contributed by atoms with Crippen LogP contribution in [0.5, 0.6) is 11.5 Å². The molecule has 0 bridgehead atoms. The Balaban J connectivity index is 1.89. The summed E-state index contributed by atoms with van der Waals surface area (Å²) in [5.41, 5.74) is 0.177. The molecule has 2 fully saturated rings. The Morgan fingerprint density at radius 3 is 2.06 bits per heavy atom. The van der Waals surface area contributed by atoms with Gasteiger partial charge in [-0.15, -0.1) is 0 Å². The van der Waals surface area contributed by atoms with E-state index in [1.165, 1.54) is 14.2 Å². The van der Waals surface area contributed by atoms with Crippen LogP contribution in [0.15, 0.2) is 54.6 Å². The van der Waals surface area contributed by atoms with Crippen LogP contribution in [0.3, 0.4) is 0 Å². The zero-order valence-electron chi connectivity index (χ0n) is 20.9. The molecular weight excluding hydrogens is 462 g/mol. The summed E-state index contributed by atoms with van der Waals surface area (Å²) >= 11 is 0. The minimum atomic E-state index is -1.48. The fraction of sp³-hybridized carbons (Fsp3) is 0.393. The number of ketones is 1. The van der Waals surface area contributed by atoms with E-state index in [1.54, 1.807) is 26.4 Å². The molecule has 2 aliphatic rings. The zero-order chi connectivity index (χ0) is 25.9. The Kier molecular flexibility index (Phi) is 7.45. The Morgan fingerprint density at radius 2 is 1.50 bits per heavy atom. The van der Waals surface area contributed by atoms with Gasteiger partial charge in [0, 0.05) is 12.0 Å². The lowest BCUT2D eigenvalue weighted by atomic mass is 9.71. The van der Waals surface area contributed by atoms with Gasteiger partial charge in [-0.05, 0) is 54.8 Å². The summed E-state index contributed by atoms with van der Waals surface area (Å²) in [5.74, 6) is -2.40. The van der Waals surface area contributed by atoms with Crippen molar-refractivity contribution in [1.82, 2.24) is 4.90 Å². The van der Waals surface area contributed by atoms with E-state index >= 15 is 0 Å². The summed E-state index contributed by atoms with van der Waals surface area (Å²) in [4.78, 5) is 42.0. The molecule has 0 N–H and O–H groups in total. The van der Waals surface area contributed by atoms with Crippen molar-refractivity contribution in [3.8, 4) is 11.5 Å². The number of fused-ring (bicyclic) bond motifs is 1. The smallest absolute Gasteiger partial charge is 0.374 e. The average molecular weight is 494 g/mol. The van der Waals surface area contributed by atoms with E-state index in [4.69, 9.17) is 18.9 Å². The van der Waals surface area contributed by atoms with Crippen LogP contribution in [-0.2, 0) is 23.9 Å². The van der Waals surface area contributed by atoms with Crippen molar-refractivity contribution in [2.75, 3.05) is 35.0 Å². The molecule has 2 aliphatic heterocycles. The van der Waals surface area contributed by atoms with Gasteiger partial charge in [-0.2, -0.15) is 0 Å². The normalized spacial score (nSPS) is 25.4. The van der Waals surface area contributed by atoms with Gasteiger partial charge in [-0.3, -0.25) is 9.69 Å². The molecule has 36 heavy (non-hydrogen) atoms.